The highest BCUT2D eigenvalue weighted by atomic mass is 79.9. The van der Waals surface area contributed by atoms with Gasteiger partial charge >= 0.3 is 0 Å². The summed E-state index contributed by atoms with van der Waals surface area (Å²) in [5.74, 6) is -0.381. The topological polar surface area (TPSA) is 87.7 Å². The van der Waals surface area contributed by atoms with Crippen LogP contribution in [0.2, 0.25) is 0 Å². The number of hydrogen-bond acceptors (Lipinski definition) is 4. The first-order chi connectivity index (χ1) is 9.99. The molecule has 5 nitrogen and oxygen atoms in total. The standard InChI is InChI=1S/C14H11Br2N3O2/c15-9-5-8(13(20)11(16)6-9)7-18-19-14(21)10-3-1-2-4-12(10)17/h1-7,20H,17H2,(H,19,21)/b18-7-. The summed E-state index contributed by atoms with van der Waals surface area (Å²) in [5.41, 5.74) is 9.24. The maximum absolute atomic E-state index is 11.9. The van der Waals surface area contributed by atoms with Crippen LogP contribution in [0.25, 0.3) is 0 Å². The monoisotopic (exact) mass is 411 g/mol. The SMILES string of the molecule is Nc1ccccc1C(=O)N/N=C\c1cc(Br)cc(Br)c1O. The second-order valence-corrected chi connectivity index (χ2v) is 5.88. The molecule has 0 bridgehead atoms. The number of nitrogens with zero attached hydrogens (tertiary/aromatic N) is 1. The Morgan fingerprint density at radius 1 is 1.29 bits per heavy atom. The predicted molar refractivity (Wildman–Crippen MR) is 89.4 cm³/mol. The molecule has 7 heteroatoms. The van der Waals surface area contributed by atoms with Gasteiger partial charge < -0.3 is 10.8 Å². The number of nitrogen functional groups attached to an aromatic ring is 1. The molecule has 0 saturated carbocycles. The number of carbonyl (C=O) groups excluding carboxylic acids is 1. The average molecular weight is 413 g/mol. The van der Waals surface area contributed by atoms with E-state index in [9.17, 15) is 9.90 Å². The van der Waals surface area contributed by atoms with Gasteiger partial charge in [-0.05, 0) is 40.2 Å². The van der Waals surface area contributed by atoms with Crippen molar-refractivity contribution in [2.24, 2.45) is 5.10 Å². The molecule has 0 aliphatic heterocycles. The molecule has 0 saturated heterocycles. The lowest BCUT2D eigenvalue weighted by atomic mass is 10.2. The van der Waals surface area contributed by atoms with E-state index < -0.39 is 5.91 Å². The first kappa shape index (κ1) is 15.5. The van der Waals surface area contributed by atoms with E-state index >= 15 is 0 Å². The van der Waals surface area contributed by atoms with Gasteiger partial charge in [0.15, 0.2) is 0 Å². The molecular formula is C14H11Br2N3O2. The van der Waals surface area contributed by atoms with Crippen LogP contribution in [0.1, 0.15) is 15.9 Å². The number of nitrogens with one attached hydrogen (secondary N) is 1. The van der Waals surface area contributed by atoms with Crippen LogP contribution in [-0.4, -0.2) is 17.2 Å². The molecule has 21 heavy (non-hydrogen) atoms. The van der Waals surface area contributed by atoms with Crippen LogP contribution in [0.4, 0.5) is 5.69 Å². The summed E-state index contributed by atoms with van der Waals surface area (Å²) in [6, 6.07) is 10.1. The van der Waals surface area contributed by atoms with Crippen LogP contribution >= 0.6 is 31.9 Å². The third kappa shape index (κ3) is 3.83. The molecule has 0 unspecified atom stereocenters. The van der Waals surface area contributed by atoms with E-state index in [0.29, 0.717) is 21.3 Å². The van der Waals surface area contributed by atoms with Crippen LogP contribution in [0.3, 0.4) is 0 Å². The smallest absolute Gasteiger partial charge is 0.273 e. The van der Waals surface area contributed by atoms with Gasteiger partial charge in [-0.1, -0.05) is 28.1 Å². The molecule has 0 aliphatic carbocycles. The Balaban J connectivity index is 2.13. The number of hydrogen-bond donors (Lipinski definition) is 3. The van der Waals surface area contributed by atoms with Gasteiger partial charge in [0.2, 0.25) is 0 Å². The first-order valence-corrected chi connectivity index (χ1v) is 7.43. The molecule has 0 spiro atoms. The molecule has 0 atom stereocenters. The summed E-state index contributed by atoms with van der Waals surface area (Å²) in [4.78, 5) is 11.9. The molecule has 0 aliphatic rings. The largest absolute Gasteiger partial charge is 0.506 e. The highest BCUT2D eigenvalue weighted by Gasteiger charge is 2.08. The van der Waals surface area contributed by atoms with E-state index in [1.807, 2.05) is 0 Å². The number of phenols is 1. The van der Waals surface area contributed by atoms with Gasteiger partial charge in [-0.2, -0.15) is 5.10 Å². The number of phenolic OH excluding ortho intramolecular Hbond substituents is 1. The van der Waals surface area contributed by atoms with Crippen molar-refractivity contribution in [1.82, 2.24) is 5.43 Å². The van der Waals surface area contributed by atoms with Crippen LogP contribution in [0.5, 0.6) is 5.75 Å². The summed E-state index contributed by atoms with van der Waals surface area (Å²) in [6.07, 6.45) is 1.35. The number of anilines is 1. The van der Waals surface area contributed by atoms with E-state index in [1.165, 1.54) is 6.21 Å². The van der Waals surface area contributed by atoms with Crippen LogP contribution in [0, 0.1) is 0 Å². The van der Waals surface area contributed by atoms with Gasteiger partial charge in [-0.25, -0.2) is 5.43 Å². The van der Waals surface area contributed by atoms with E-state index in [0.717, 1.165) is 4.47 Å². The summed E-state index contributed by atoms with van der Waals surface area (Å²) in [6.45, 7) is 0. The molecule has 2 aromatic rings. The fourth-order valence-electron chi connectivity index (χ4n) is 1.61. The number of benzene rings is 2. The Kier molecular flexibility index (Phi) is 4.98. The van der Waals surface area contributed by atoms with Crippen molar-refractivity contribution in [3.8, 4) is 5.75 Å². The minimum Gasteiger partial charge on any atom is -0.506 e. The van der Waals surface area contributed by atoms with Crippen molar-refractivity contribution in [2.75, 3.05) is 5.73 Å². The van der Waals surface area contributed by atoms with Crippen LogP contribution in [-0.2, 0) is 0 Å². The minimum absolute atomic E-state index is 0.0374. The zero-order valence-electron chi connectivity index (χ0n) is 10.7. The number of rotatable bonds is 3. The van der Waals surface area contributed by atoms with E-state index in [-0.39, 0.29) is 5.75 Å². The number of para-hydroxylation sites is 1. The fourth-order valence-corrected chi connectivity index (χ4v) is 2.87. The van der Waals surface area contributed by atoms with Gasteiger partial charge in [0.1, 0.15) is 5.75 Å². The molecule has 0 fully saturated rings. The summed E-state index contributed by atoms with van der Waals surface area (Å²) < 4.78 is 1.30. The van der Waals surface area contributed by atoms with Crippen molar-refractivity contribution in [1.29, 1.82) is 0 Å². The van der Waals surface area contributed by atoms with Crippen LogP contribution < -0.4 is 11.2 Å². The first-order valence-electron chi connectivity index (χ1n) is 5.85. The fraction of sp³-hybridized carbons (Fsp3) is 0. The van der Waals surface area contributed by atoms with Gasteiger partial charge in [0.25, 0.3) is 5.91 Å². The van der Waals surface area contributed by atoms with Crippen molar-refractivity contribution in [2.45, 2.75) is 0 Å². The minimum atomic E-state index is -0.419. The number of carbonyl (C=O) groups is 1. The molecule has 1 amide bonds. The molecule has 0 heterocycles. The molecule has 0 aromatic heterocycles. The molecule has 2 rings (SSSR count). The number of hydrazone groups is 1. The zero-order valence-corrected chi connectivity index (χ0v) is 13.8. The number of nitrogens with two attached hydrogens (primary N) is 1. The third-order valence-electron chi connectivity index (χ3n) is 2.63. The van der Waals surface area contributed by atoms with E-state index in [2.05, 4.69) is 42.4 Å². The van der Waals surface area contributed by atoms with Crippen molar-refractivity contribution >= 4 is 49.7 Å². The van der Waals surface area contributed by atoms with Gasteiger partial charge in [0.05, 0.1) is 16.3 Å². The molecule has 108 valence electrons. The highest BCUT2D eigenvalue weighted by molar-refractivity contribution is 9.11. The van der Waals surface area contributed by atoms with Crippen LogP contribution in [0.15, 0.2) is 50.4 Å². The van der Waals surface area contributed by atoms with E-state index in [1.54, 1.807) is 36.4 Å². The van der Waals surface area contributed by atoms with Crippen molar-refractivity contribution < 1.29 is 9.90 Å². The molecule has 2 aromatic carbocycles. The second-order valence-electron chi connectivity index (χ2n) is 4.11. The molecule has 0 radical (unpaired) electrons. The lowest BCUT2D eigenvalue weighted by Gasteiger charge is -2.04. The number of halogens is 2. The Morgan fingerprint density at radius 3 is 2.71 bits per heavy atom. The number of amides is 1. The van der Waals surface area contributed by atoms with E-state index in [4.69, 9.17) is 5.73 Å². The third-order valence-corrected chi connectivity index (χ3v) is 3.70. The quantitative estimate of drug-likeness (QED) is 0.410. The summed E-state index contributed by atoms with van der Waals surface area (Å²) in [7, 11) is 0. The van der Waals surface area contributed by atoms with Crippen molar-refractivity contribution in [3.63, 3.8) is 0 Å². The van der Waals surface area contributed by atoms with Crippen molar-refractivity contribution in [3.05, 3.63) is 56.5 Å². The maximum atomic E-state index is 11.9. The molecular weight excluding hydrogens is 402 g/mol. The maximum Gasteiger partial charge on any atom is 0.273 e. The molecule has 4 N–H and O–H groups in total. The Labute approximate surface area is 138 Å². The Hall–Kier alpha value is -1.86. The van der Waals surface area contributed by atoms with Gasteiger partial charge in [-0.15, -0.1) is 0 Å². The highest BCUT2D eigenvalue weighted by Crippen LogP contribution is 2.30. The lowest BCUT2D eigenvalue weighted by Crippen LogP contribution is -2.19. The zero-order chi connectivity index (χ0) is 15.4. The second kappa shape index (κ2) is 6.73. The Morgan fingerprint density at radius 2 is 2.00 bits per heavy atom. The normalized spacial score (nSPS) is 10.8. The Bertz CT molecular complexity index is 717. The number of aromatic hydroxyl groups is 1. The lowest BCUT2D eigenvalue weighted by molar-refractivity contribution is 0.0956. The summed E-state index contributed by atoms with van der Waals surface area (Å²) >= 11 is 6.53. The predicted octanol–water partition coefficient (Wildman–Crippen LogP) is 3.26. The summed E-state index contributed by atoms with van der Waals surface area (Å²) in [5, 5.41) is 13.7. The van der Waals surface area contributed by atoms with Gasteiger partial charge in [-0.3, -0.25) is 4.79 Å². The van der Waals surface area contributed by atoms with Gasteiger partial charge in [0, 0.05) is 15.7 Å². The average Bonchev–Trinajstić information content (AvgIpc) is 2.44.